The molecule has 4 fully saturated rings. The molecule has 1 amide bonds. The monoisotopic (exact) mass is 817 g/mol. The van der Waals surface area contributed by atoms with E-state index in [1.807, 2.05) is 25.5 Å². The van der Waals surface area contributed by atoms with Crippen molar-refractivity contribution in [3.63, 3.8) is 0 Å². The third-order valence-corrected chi connectivity index (χ3v) is 14.9. The number of ether oxygens (including phenoxy) is 1. The summed E-state index contributed by atoms with van der Waals surface area (Å²) in [6, 6.07) is 7.97. The maximum atomic E-state index is 16.6. The van der Waals surface area contributed by atoms with E-state index < -0.39 is 59.6 Å². The van der Waals surface area contributed by atoms with Crippen molar-refractivity contribution < 1.29 is 39.5 Å². The summed E-state index contributed by atoms with van der Waals surface area (Å²) >= 11 is 1.26. The first-order valence-electron chi connectivity index (χ1n) is 17.7. The standard InChI is InChI=1S/C36H38F3N7O6S3/c1-35(2,3)52-34(47)45-16-21-10-11-22(17-45)46(21)33-43-29(23-6-4-9-26(28(23)39)44-55(50,51)31-24(37)7-5-8-25(31)38)30(53-33)27-12-13-40-32(42-27)41-20-14-36(15-20)18-54(48,49)19-36/h4-9,12-13,20-22,44H,10-11,14-19H2,1-3H3,(H,40,41,42). The van der Waals surface area contributed by atoms with Crippen molar-refractivity contribution in [1.82, 2.24) is 19.9 Å². The number of sulfonamides is 1. The molecule has 2 aromatic heterocycles. The van der Waals surface area contributed by atoms with Crippen LogP contribution >= 0.6 is 11.3 Å². The summed E-state index contributed by atoms with van der Waals surface area (Å²) in [6.45, 7) is 6.20. The van der Waals surface area contributed by atoms with Crippen LogP contribution in [0.2, 0.25) is 0 Å². The number of sulfone groups is 1. The fraction of sp³-hybridized carbons (Fsp3) is 0.444. The average molecular weight is 818 g/mol. The van der Waals surface area contributed by atoms with Gasteiger partial charge in [0.2, 0.25) is 5.95 Å². The molecule has 1 saturated carbocycles. The first-order chi connectivity index (χ1) is 25.9. The molecular weight excluding hydrogens is 780 g/mol. The van der Waals surface area contributed by atoms with Crippen LogP contribution < -0.4 is 14.9 Å². The Hall–Kier alpha value is -4.49. The average Bonchev–Trinajstić information content (AvgIpc) is 3.60. The molecule has 1 spiro atoms. The lowest BCUT2D eigenvalue weighted by Crippen LogP contribution is -2.60. The number of carbonyl (C=O) groups is 1. The van der Waals surface area contributed by atoms with Crippen LogP contribution in [0.15, 0.2) is 53.6 Å². The van der Waals surface area contributed by atoms with Gasteiger partial charge in [-0.3, -0.25) is 4.72 Å². The molecule has 19 heteroatoms. The maximum Gasteiger partial charge on any atom is 0.410 e. The number of aromatic nitrogens is 3. The van der Waals surface area contributed by atoms with Crippen molar-refractivity contribution in [2.45, 2.75) is 75.1 Å². The van der Waals surface area contributed by atoms with Gasteiger partial charge < -0.3 is 19.9 Å². The van der Waals surface area contributed by atoms with Crippen molar-refractivity contribution >= 4 is 54.1 Å². The summed E-state index contributed by atoms with van der Waals surface area (Å²) in [4.78, 5) is 30.1. The largest absolute Gasteiger partial charge is 0.444 e. The lowest BCUT2D eigenvalue weighted by molar-refractivity contribution is 0.0209. The smallest absolute Gasteiger partial charge is 0.410 e. The minimum Gasteiger partial charge on any atom is -0.444 e. The molecule has 3 saturated heterocycles. The van der Waals surface area contributed by atoms with Gasteiger partial charge in [0.25, 0.3) is 10.0 Å². The first kappa shape index (κ1) is 37.4. The van der Waals surface area contributed by atoms with Gasteiger partial charge >= 0.3 is 6.09 Å². The van der Waals surface area contributed by atoms with Crippen LogP contribution in [0.5, 0.6) is 0 Å². The molecule has 55 heavy (non-hydrogen) atoms. The van der Waals surface area contributed by atoms with Gasteiger partial charge in [0.15, 0.2) is 25.7 Å². The van der Waals surface area contributed by atoms with Gasteiger partial charge in [-0.1, -0.05) is 23.5 Å². The van der Waals surface area contributed by atoms with E-state index >= 15 is 4.39 Å². The minimum atomic E-state index is -4.90. The fourth-order valence-electron chi connectivity index (χ4n) is 8.15. The molecule has 4 aromatic rings. The number of nitrogens with zero attached hydrogens (tertiary/aromatic N) is 5. The molecule has 1 aliphatic carbocycles. The Bertz CT molecular complexity index is 2370. The van der Waals surface area contributed by atoms with E-state index in [4.69, 9.17) is 14.7 Å². The number of hydrogen-bond acceptors (Lipinski definition) is 12. The van der Waals surface area contributed by atoms with Gasteiger partial charge in [-0.25, -0.2) is 49.8 Å². The lowest BCUT2D eigenvalue weighted by atomic mass is 9.67. The molecule has 2 atom stereocenters. The third kappa shape index (κ3) is 7.21. The Morgan fingerprint density at radius 2 is 1.64 bits per heavy atom. The highest BCUT2D eigenvalue weighted by Crippen LogP contribution is 2.51. The Morgan fingerprint density at radius 3 is 2.27 bits per heavy atom. The summed E-state index contributed by atoms with van der Waals surface area (Å²) in [5.74, 6) is -3.05. The SMILES string of the molecule is CC(C)(C)OC(=O)N1CC2CCC(C1)N2c1nc(-c2cccc(NS(=O)(=O)c3c(F)cccc3F)c2F)c(-c2ccnc(NC3CC4(C3)CS(=O)(=O)C4)n2)s1. The zero-order chi connectivity index (χ0) is 39.1. The number of benzene rings is 2. The van der Waals surface area contributed by atoms with Crippen LogP contribution in [-0.2, 0) is 24.6 Å². The topological polar surface area (TPSA) is 164 Å². The van der Waals surface area contributed by atoms with Crippen molar-refractivity contribution in [3.8, 4) is 21.8 Å². The van der Waals surface area contributed by atoms with E-state index in [1.54, 1.807) is 17.2 Å². The summed E-state index contributed by atoms with van der Waals surface area (Å²) in [5.41, 5.74) is -0.957. The second-order valence-corrected chi connectivity index (χ2v) is 20.4. The molecule has 5 heterocycles. The summed E-state index contributed by atoms with van der Waals surface area (Å²) in [5, 5.41) is 3.83. The summed E-state index contributed by atoms with van der Waals surface area (Å²) < 4.78 is 103. The van der Waals surface area contributed by atoms with Gasteiger partial charge in [-0.15, -0.1) is 0 Å². The number of piperazine rings is 1. The minimum absolute atomic E-state index is 0.0272. The van der Waals surface area contributed by atoms with Crippen LogP contribution in [0.4, 0.5) is 34.7 Å². The van der Waals surface area contributed by atoms with Gasteiger partial charge in [-0.05, 0) is 76.8 Å². The number of rotatable bonds is 8. The molecule has 2 aromatic carbocycles. The predicted molar refractivity (Wildman–Crippen MR) is 201 cm³/mol. The Kier molecular flexibility index (Phi) is 9.07. The van der Waals surface area contributed by atoms with Gasteiger partial charge in [0, 0.05) is 48.4 Å². The van der Waals surface area contributed by atoms with Crippen LogP contribution in [-0.4, -0.2) is 91.1 Å². The van der Waals surface area contributed by atoms with Gasteiger partial charge in [0.1, 0.15) is 17.2 Å². The highest BCUT2D eigenvalue weighted by atomic mass is 32.2. The van der Waals surface area contributed by atoms with Gasteiger partial charge in [-0.2, -0.15) is 0 Å². The van der Waals surface area contributed by atoms with Crippen molar-refractivity contribution in [2.24, 2.45) is 5.41 Å². The number of anilines is 3. The maximum absolute atomic E-state index is 16.6. The summed E-state index contributed by atoms with van der Waals surface area (Å²) in [7, 11) is -7.87. The van der Waals surface area contributed by atoms with Crippen LogP contribution in [0.3, 0.4) is 0 Å². The number of halogens is 3. The number of fused-ring (bicyclic) bond motifs is 2. The molecule has 292 valence electrons. The molecule has 13 nitrogen and oxygen atoms in total. The van der Waals surface area contributed by atoms with Crippen molar-refractivity contribution in [3.05, 3.63) is 66.1 Å². The molecule has 3 aliphatic heterocycles. The van der Waals surface area contributed by atoms with Gasteiger partial charge in [0.05, 0.1) is 33.5 Å². The molecule has 2 unspecified atom stereocenters. The first-order valence-corrected chi connectivity index (χ1v) is 21.8. The van der Waals surface area contributed by atoms with E-state index in [9.17, 15) is 30.4 Å². The Balaban J connectivity index is 1.14. The molecule has 2 N–H and O–H groups in total. The van der Waals surface area contributed by atoms with E-state index in [2.05, 4.69) is 15.2 Å². The summed E-state index contributed by atoms with van der Waals surface area (Å²) in [6.07, 6.45) is 4.02. The van der Waals surface area contributed by atoms with E-state index in [1.165, 1.54) is 23.5 Å². The highest BCUT2D eigenvalue weighted by Gasteiger charge is 2.56. The zero-order valence-electron chi connectivity index (χ0n) is 30.1. The van der Waals surface area contributed by atoms with E-state index in [0.717, 1.165) is 37.1 Å². The third-order valence-electron chi connectivity index (χ3n) is 10.3. The van der Waals surface area contributed by atoms with E-state index in [-0.39, 0.29) is 46.3 Å². The van der Waals surface area contributed by atoms with Crippen molar-refractivity contribution in [2.75, 3.05) is 39.5 Å². The van der Waals surface area contributed by atoms with Crippen molar-refractivity contribution in [1.29, 1.82) is 0 Å². The fourth-order valence-corrected chi connectivity index (χ4v) is 12.8. The van der Waals surface area contributed by atoms with Crippen LogP contribution in [0.25, 0.3) is 21.8 Å². The lowest BCUT2D eigenvalue weighted by Gasteiger charge is -2.53. The molecule has 2 bridgehead atoms. The molecule has 8 rings (SSSR count). The Morgan fingerprint density at radius 1 is 0.982 bits per heavy atom. The number of amides is 1. The normalized spacial score (nSPS) is 21.6. The second kappa shape index (κ2) is 13.3. The Labute approximate surface area is 320 Å². The predicted octanol–water partition coefficient (Wildman–Crippen LogP) is 6.06. The van der Waals surface area contributed by atoms with Crippen LogP contribution in [0, 0.1) is 22.9 Å². The zero-order valence-corrected chi connectivity index (χ0v) is 32.5. The van der Waals surface area contributed by atoms with Crippen LogP contribution in [0.1, 0.15) is 46.5 Å². The number of likely N-dealkylation sites (tertiary alicyclic amines) is 1. The number of carbonyl (C=O) groups excluding carboxylic acids is 1. The second-order valence-electron chi connectivity index (χ2n) is 15.7. The van der Waals surface area contributed by atoms with E-state index in [0.29, 0.717) is 47.6 Å². The number of hydrogen-bond donors (Lipinski definition) is 2. The molecule has 4 aliphatic rings. The quantitative estimate of drug-likeness (QED) is 0.213. The number of thiazole rings is 1. The molecular formula is C36H38F3N7O6S3. The number of nitrogens with one attached hydrogen (secondary N) is 2. The highest BCUT2D eigenvalue weighted by molar-refractivity contribution is 7.93. The molecule has 0 radical (unpaired) electrons.